The van der Waals surface area contributed by atoms with Gasteiger partial charge in [-0.15, -0.1) is 0 Å². The summed E-state index contributed by atoms with van der Waals surface area (Å²) in [6, 6.07) is 18.7. The number of nitrogen functional groups attached to an aromatic ring is 1. The molecule has 31 heavy (non-hydrogen) atoms. The zero-order valence-corrected chi connectivity index (χ0v) is 18.1. The highest BCUT2D eigenvalue weighted by molar-refractivity contribution is 5.93. The van der Waals surface area contributed by atoms with Crippen LogP contribution in [0, 0.1) is 0 Å². The second-order valence-corrected chi connectivity index (χ2v) is 7.55. The van der Waals surface area contributed by atoms with Crippen molar-refractivity contribution < 1.29 is 4.74 Å². The van der Waals surface area contributed by atoms with Crippen molar-refractivity contribution in [1.82, 2.24) is 9.97 Å². The number of aryl methyl sites for hydroxylation is 1. The zero-order chi connectivity index (χ0) is 21.8. The molecule has 4 aromatic rings. The molecule has 4 heteroatoms. The van der Waals surface area contributed by atoms with Gasteiger partial charge < -0.3 is 10.5 Å². The summed E-state index contributed by atoms with van der Waals surface area (Å²) < 4.78 is 5.68. The quantitative estimate of drug-likeness (QED) is 0.279. The van der Waals surface area contributed by atoms with Crippen molar-refractivity contribution in [3.05, 3.63) is 84.7 Å². The van der Waals surface area contributed by atoms with Crippen molar-refractivity contribution in [2.45, 2.75) is 26.7 Å². The van der Waals surface area contributed by atoms with Gasteiger partial charge in [0.25, 0.3) is 0 Å². The minimum Gasteiger partial charge on any atom is -0.494 e. The first-order chi connectivity index (χ1) is 15.1. The number of pyridine rings is 2. The van der Waals surface area contributed by atoms with Crippen LogP contribution in [0.5, 0.6) is 0 Å². The molecule has 156 valence electrons. The van der Waals surface area contributed by atoms with Crippen LogP contribution in [0.2, 0.25) is 0 Å². The summed E-state index contributed by atoms with van der Waals surface area (Å²) in [5, 5.41) is 0.909. The standard InChI is InChI=1S/C27H27N3O/c1-4-6-19-7-9-20(10-8-19)21-11-12-22(25(28)15-21)27-16-23(18(3)31-5-2)24-17-29-14-13-26(24)30-27/h7-17H,3-6,28H2,1-2H3. The predicted octanol–water partition coefficient (Wildman–Crippen LogP) is 6.51. The molecule has 0 radical (unpaired) electrons. The van der Waals surface area contributed by atoms with Gasteiger partial charge in [0, 0.05) is 34.6 Å². The molecule has 0 fully saturated rings. The second kappa shape index (κ2) is 9.00. The van der Waals surface area contributed by atoms with E-state index in [1.54, 1.807) is 12.4 Å². The highest BCUT2D eigenvalue weighted by atomic mass is 16.5. The third kappa shape index (κ3) is 4.29. The van der Waals surface area contributed by atoms with Crippen LogP contribution >= 0.6 is 0 Å². The van der Waals surface area contributed by atoms with Gasteiger partial charge in [0.1, 0.15) is 5.76 Å². The number of anilines is 1. The van der Waals surface area contributed by atoms with E-state index in [2.05, 4.69) is 48.8 Å². The van der Waals surface area contributed by atoms with Gasteiger partial charge in [-0.2, -0.15) is 0 Å². The molecule has 0 amide bonds. The Balaban J connectivity index is 1.75. The first-order valence-corrected chi connectivity index (χ1v) is 10.7. The Labute approximate surface area is 183 Å². The number of benzene rings is 2. The second-order valence-electron chi connectivity index (χ2n) is 7.55. The van der Waals surface area contributed by atoms with Crippen LogP contribution in [0.25, 0.3) is 39.0 Å². The fraction of sp³-hybridized carbons (Fsp3) is 0.185. The van der Waals surface area contributed by atoms with E-state index in [4.69, 9.17) is 15.5 Å². The maximum absolute atomic E-state index is 6.49. The maximum Gasteiger partial charge on any atom is 0.120 e. The van der Waals surface area contributed by atoms with E-state index in [1.807, 2.05) is 31.2 Å². The van der Waals surface area contributed by atoms with Gasteiger partial charge in [-0.05, 0) is 48.2 Å². The number of fused-ring (bicyclic) bond motifs is 1. The Morgan fingerprint density at radius 2 is 1.77 bits per heavy atom. The number of rotatable bonds is 7. The van der Waals surface area contributed by atoms with Crippen LogP contribution in [0.15, 0.2) is 73.6 Å². The van der Waals surface area contributed by atoms with E-state index in [0.717, 1.165) is 51.7 Å². The van der Waals surface area contributed by atoms with Gasteiger partial charge in [-0.25, -0.2) is 4.98 Å². The summed E-state index contributed by atoms with van der Waals surface area (Å²) in [7, 11) is 0. The van der Waals surface area contributed by atoms with Crippen LogP contribution in [0.3, 0.4) is 0 Å². The normalized spacial score (nSPS) is 10.9. The van der Waals surface area contributed by atoms with Gasteiger partial charge in [0.2, 0.25) is 0 Å². The number of hydrogen-bond acceptors (Lipinski definition) is 4. The lowest BCUT2D eigenvalue weighted by molar-refractivity contribution is 0.299. The van der Waals surface area contributed by atoms with E-state index in [-0.39, 0.29) is 0 Å². The molecule has 0 saturated carbocycles. The number of aromatic nitrogens is 2. The molecule has 0 spiro atoms. The monoisotopic (exact) mass is 409 g/mol. The fourth-order valence-electron chi connectivity index (χ4n) is 3.82. The van der Waals surface area contributed by atoms with Gasteiger partial charge in [0.05, 0.1) is 17.8 Å². The predicted molar refractivity (Wildman–Crippen MR) is 129 cm³/mol. The Hall–Kier alpha value is -3.66. The summed E-state index contributed by atoms with van der Waals surface area (Å²) in [4.78, 5) is 9.06. The van der Waals surface area contributed by atoms with Crippen molar-refractivity contribution in [2.24, 2.45) is 0 Å². The van der Waals surface area contributed by atoms with Gasteiger partial charge in [-0.3, -0.25) is 4.98 Å². The van der Waals surface area contributed by atoms with Crippen molar-refractivity contribution in [1.29, 1.82) is 0 Å². The topological polar surface area (TPSA) is 61.0 Å². The third-order valence-corrected chi connectivity index (χ3v) is 5.38. The number of nitrogens with zero attached hydrogens (tertiary/aromatic N) is 2. The molecule has 2 heterocycles. The van der Waals surface area contributed by atoms with Crippen molar-refractivity contribution in [2.75, 3.05) is 12.3 Å². The van der Waals surface area contributed by atoms with Gasteiger partial charge in [0.15, 0.2) is 0 Å². The average Bonchev–Trinajstić information content (AvgIpc) is 2.79. The van der Waals surface area contributed by atoms with E-state index in [0.29, 0.717) is 18.1 Å². The zero-order valence-electron chi connectivity index (χ0n) is 18.1. The minimum atomic E-state index is 0.548. The Kier molecular flexibility index (Phi) is 5.99. The molecule has 0 unspecified atom stereocenters. The lowest BCUT2D eigenvalue weighted by Gasteiger charge is -2.14. The summed E-state index contributed by atoms with van der Waals surface area (Å²) in [6.45, 7) is 8.77. The van der Waals surface area contributed by atoms with E-state index in [9.17, 15) is 0 Å². The molecule has 2 aromatic carbocycles. The Bertz CT molecular complexity index is 1230. The lowest BCUT2D eigenvalue weighted by Crippen LogP contribution is -1.98. The minimum absolute atomic E-state index is 0.548. The number of hydrogen-bond donors (Lipinski definition) is 1. The molecule has 0 bridgehead atoms. The first-order valence-electron chi connectivity index (χ1n) is 10.7. The molecule has 0 atom stereocenters. The van der Waals surface area contributed by atoms with Crippen LogP contribution in [0.4, 0.5) is 5.69 Å². The Morgan fingerprint density at radius 1 is 1.00 bits per heavy atom. The summed E-state index contributed by atoms with van der Waals surface area (Å²) in [5.41, 5.74) is 14.2. The molecule has 2 aromatic heterocycles. The van der Waals surface area contributed by atoms with Crippen LogP contribution in [-0.2, 0) is 11.2 Å². The first kappa shape index (κ1) is 20.6. The fourth-order valence-corrected chi connectivity index (χ4v) is 3.82. The molecular formula is C27H27N3O. The van der Waals surface area contributed by atoms with Crippen molar-refractivity contribution in [3.8, 4) is 22.4 Å². The molecule has 4 rings (SSSR count). The molecule has 0 aliphatic rings. The Morgan fingerprint density at radius 3 is 2.48 bits per heavy atom. The smallest absolute Gasteiger partial charge is 0.120 e. The summed E-state index contributed by atoms with van der Waals surface area (Å²) in [5.74, 6) is 0.603. The third-order valence-electron chi connectivity index (χ3n) is 5.38. The van der Waals surface area contributed by atoms with E-state index >= 15 is 0 Å². The molecule has 2 N–H and O–H groups in total. The molecule has 0 aliphatic heterocycles. The highest BCUT2D eigenvalue weighted by Crippen LogP contribution is 2.33. The molecular weight excluding hydrogens is 382 g/mol. The summed E-state index contributed by atoms with van der Waals surface area (Å²) >= 11 is 0. The maximum atomic E-state index is 6.49. The molecule has 0 saturated heterocycles. The lowest BCUT2D eigenvalue weighted by atomic mass is 9.98. The van der Waals surface area contributed by atoms with E-state index < -0.39 is 0 Å². The van der Waals surface area contributed by atoms with E-state index in [1.165, 1.54) is 5.56 Å². The van der Waals surface area contributed by atoms with Crippen LogP contribution in [-0.4, -0.2) is 16.6 Å². The van der Waals surface area contributed by atoms with Crippen molar-refractivity contribution in [3.63, 3.8) is 0 Å². The molecule has 0 aliphatic carbocycles. The average molecular weight is 410 g/mol. The number of ether oxygens (including phenoxy) is 1. The largest absolute Gasteiger partial charge is 0.494 e. The van der Waals surface area contributed by atoms with Gasteiger partial charge in [-0.1, -0.05) is 56.3 Å². The molecule has 4 nitrogen and oxygen atoms in total. The van der Waals surface area contributed by atoms with Crippen LogP contribution in [0.1, 0.15) is 31.4 Å². The van der Waals surface area contributed by atoms with Crippen molar-refractivity contribution >= 4 is 22.3 Å². The van der Waals surface area contributed by atoms with Crippen LogP contribution < -0.4 is 5.73 Å². The van der Waals surface area contributed by atoms with Gasteiger partial charge >= 0.3 is 0 Å². The highest BCUT2D eigenvalue weighted by Gasteiger charge is 2.13. The number of nitrogens with two attached hydrogens (primary N) is 1. The SMILES string of the molecule is C=C(OCC)c1cc(-c2ccc(-c3ccc(CCC)cc3)cc2N)nc2ccncc12. The summed E-state index contributed by atoms with van der Waals surface area (Å²) in [6.07, 6.45) is 5.77.